The number of nitrogens with one attached hydrogen (secondary N) is 1. The Morgan fingerprint density at radius 3 is 2.79 bits per heavy atom. The largest absolute Gasteiger partial charge is 0.490 e. The van der Waals surface area contributed by atoms with Gasteiger partial charge in [-0.2, -0.15) is 5.10 Å². The maximum Gasteiger partial charge on any atom is 0.332 e. The van der Waals surface area contributed by atoms with Gasteiger partial charge in [-0.05, 0) is 37.1 Å². The molecule has 0 heterocycles. The van der Waals surface area contributed by atoms with Gasteiger partial charge in [-0.25, -0.2) is 10.2 Å². The Labute approximate surface area is 112 Å². The van der Waals surface area contributed by atoms with Crippen molar-refractivity contribution in [2.24, 2.45) is 10.8 Å². The molecule has 0 bridgehead atoms. The van der Waals surface area contributed by atoms with Gasteiger partial charge in [0, 0.05) is 0 Å². The zero-order chi connectivity index (χ0) is 14.1. The van der Waals surface area contributed by atoms with E-state index in [9.17, 15) is 4.79 Å². The summed E-state index contributed by atoms with van der Waals surface area (Å²) < 4.78 is 11.1. The van der Waals surface area contributed by atoms with Crippen molar-refractivity contribution >= 4 is 12.2 Å². The number of carbonyl (C=O) groups is 1. The number of ether oxygens (including phenoxy) is 2. The third-order valence-electron chi connectivity index (χ3n) is 2.12. The van der Waals surface area contributed by atoms with Crippen molar-refractivity contribution in [3.8, 4) is 11.5 Å². The molecule has 19 heavy (non-hydrogen) atoms. The lowest BCUT2D eigenvalue weighted by Crippen LogP contribution is -2.24. The van der Waals surface area contributed by atoms with Gasteiger partial charge in [0.15, 0.2) is 11.5 Å². The Morgan fingerprint density at radius 2 is 2.16 bits per heavy atom. The molecule has 0 aliphatic carbocycles. The van der Waals surface area contributed by atoms with Crippen LogP contribution in [0.5, 0.6) is 11.5 Å². The molecule has 0 spiro atoms. The van der Waals surface area contributed by atoms with Gasteiger partial charge in [-0.15, -0.1) is 0 Å². The van der Waals surface area contributed by atoms with E-state index < -0.39 is 6.03 Å². The Morgan fingerprint density at radius 1 is 1.37 bits per heavy atom. The molecule has 0 fully saturated rings. The maximum absolute atomic E-state index is 10.5. The maximum atomic E-state index is 10.5. The van der Waals surface area contributed by atoms with E-state index in [2.05, 4.69) is 10.5 Å². The smallest absolute Gasteiger partial charge is 0.332 e. The van der Waals surface area contributed by atoms with E-state index in [1.807, 2.05) is 26.0 Å². The first-order valence-electron chi connectivity index (χ1n) is 6.15. The van der Waals surface area contributed by atoms with Crippen LogP contribution < -0.4 is 20.6 Å². The predicted molar refractivity (Wildman–Crippen MR) is 73.7 cm³/mol. The summed E-state index contributed by atoms with van der Waals surface area (Å²) in [5, 5.41) is 3.69. The molecule has 0 saturated carbocycles. The van der Waals surface area contributed by atoms with E-state index in [1.165, 1.54) is 6.21 Å². The van der Waals surface area contributed by atoms with Crippen LogP contribution in [0.3, 0.4) is 0 Å². The van der Waals surface area contributed by atoms with E-state index in [0.717, 1.165) is 12.0 Å². The Bertz CT molecular complexity index is 447. The molecule has 104 valence electrons. The number of primary amides is 1. The topological polar surface area (TPSA) is 85.9 Å². The number of hydrazone groups is 1. The van der Waals surface area contributed by atoms with Gasteiger partial charge < -0.3 is 15.2 Å². The number of hydrogen-bond donors (Lipinski definition) is 2. The van der Waals surface area contributed by atoms with Gasteiger partial charge >= 0.3 is 6.03 Å². The van der Waals surface area contributed by atoms with Crippen LogP contribution in [0.15, 0.2) is 23.3 Å². The Kier molecular flexibility index (Phi) is 6.21. The molecule has 1 aromatic carbocycles. The second kappa shape index (κ2) is 7.97. The van der Waals surface area contributed by atoms with Crippen LogP contribution in [-0.4, -0.2) is 25.5 Å². The van der Waals surface area contributed by atoms with Crippen LogP contribution in [0, 0.1) is 0 Å². The van der Waals surface area contributed by atoms with Crippen LogP contribution in [0.25, 0.3) is 0 Å². The third kappa shape index (κ3) is 5.29. The molecule has 0 aliphatic rings. The molecule has 6 nitrogen and oxygen atoms in total. The van der Waals surface area contributed by atoms with Crippen LogP contribution in [0.2, 0.25) is 0 Å². The van der Waals surface area contributed by atoms with Crippen LogP contribution in [-0.2, 0) is 0 Å². The quantitative estimate of drug-likeness (QED) is 0.583. The summed E-state index contributed by atoms with van der Waals surface area (Å²) in [5.41, 5.74) is 7.81. The van der Waals surface area contributed by atoms with Crippen molar-refractivity contribution < 1.29 is 14.3 Å². The highest BCUT2D eigenvalue weighted by molar-refractivity contribution is 5.82. The molecule has 0 radical (unpaired) electrons. The number of amides is 2. The third-order valence-corrected chi connectivity index (χ3v) is 2.12. The first-order chi connectivity index (χ1) is 9.17. The van der Waals surface area contributed by atoms with Gasteiger partial charge in [0.25, 0.3) is 0 Å². The van der Waals surface area contributed by atoms with Gasteiger partial charge in [0.1, 0.15) is 0 Å². The lowest BCUT2D eigenvalue weighted by molar-refractivity contribution is 0.249. The van der Waals surface area contributed by atoms with E-state index in [-0.39, 0.29) is 0 Å². The van der Waals surface area contributed by atoms with Gasteiger partial charge in [-0.1, -0.05) is 6.92 Å². The van der Waals surface area contributed by atoms with E-state index >= 15 is 0 Å². The minimum Gasteiger partial charge on any atom is -0.490 e. The molecule has 0 aromatic heterocycles. The van der Waals surface area contributed by atoms with Crippen LogP contribution in [0.4, 0.5) is 4.79 Å². The molecule has 3 N–H and O–H groups in total. The van der Waals surface area contributed by atoms with Gasteiger partial charge in [0.2, 0.25) is 0 Å². The standard InChI is InChI=1S/C13H19N3O3/c1-3-7-19-11-6-5-10(8-12(11)18-4-2)9-15-16-13(14)17/h5-6,8-9H,3-4,7H2,1-2H3,(H3,14,16,17). The van der Waals surface area contributed by atoms with Crippen molar-refractivity contribution in [2.75, 3.05) is 13.2 Å². The second-order valence-electron chi connectivity index (χ2n) is 3.72. The van der Waals surface area contributed by atoms with Crippen molar-refractivity contribution in [1.82, 2.24) is 5.43 Å². The summed E-state index contributed by atoms with van der Waals surface area (Å²) in [6.07, 6.45) is 2.41. The highest BCUT2D eigenvalue weighted by Crippen LogP contribution is 2.28. The van der Waals surface area contributed by atoms with E-state index in [0.29, 0.717) is 24.7 Å². The summed E-state index contributed by atoms with van der Waals surface area (Å²) in [6, 6.07) is 4.72. The molecular formula is C13H19N3O3. The fourth-order valence-corrected chi connectivity index (χ4v) is 1.37. The number of nitrogens with two attached hydrogens (primary N) is 1. The monoisotopic (exact) mass is 265 g/mol. The highest BCUT2D eigenvalue weighted by Gasteiger charge is 2.05. The fourth-order valence-electron chi connectivity index (χ4n) is 1.37. The molecule has 0 saturated heterocycles. The molecule has 1 aromatic rings. The van der Waals surface area contributed by atoms with Crippen molar-refractivity contribution in [3.63, 3.8) is 0 Å². The molecule has 2 amide bonds. The van der Waals surface area contributed by atoms with Crippen LogP contribution >= 0.6 is 0 Å². The summed E-state index contributed by atoms with van der Waals surface area (Å²) >= 11 is 0. The first-order valence-corrected chi connectivity index (χ1v) is 6.15. The number of rotatable bonds is 7. The Hall–Kier alpha value is -2.24. The second-order valence-corrected chi connectivity index (χ2v) is 3.72. The predicted octanol–water partition coefficient (Wildman–Crippen LogP) is 1.88. The average Bonchev–Trinajstić information content (AvgIpc) is 2.38. The number of benzene rings is 1. The van der Waals surface area contributed by atoms with Crippen molar-refractivity contribution in [3.05, 3.63) is 23.8 Å². The summed E-state index contributed by atoms with van der Waals surface area (Å²) in [4.78, 5) is 10.5. The summed E-state index contributed by atoms with van der Waals surface area (Å²) in [5.74, 6) is 1.35. The van der Waals surface area contributed by atoms with E-state index in [1.54, 1.807) is 6.07 Å². The van der Waals surface area contributed by atoms with Crippen molar-refractivity contribution in [2.45, 2.75) is 20.3 Å². The molecular weight excluding hydrogens is 246 g/mol. The molecule has 6 heteroatoms. The minimum absolute atomic E-state index is 0.544. The number of hydrogen-bond acceptors (Lipinski definition) is 4. The first kappa shape index (κ1) is 14.8. The zero-order valence-corrected chi connectivity index (χ0v) is 11.2. The molecule has 0 aliphatic heterocycles. The van der Waals surface area contributed by atoms with E-state index in [4.69, 9.17) is 15.2 Å². The van der Waals surface area contributed by atoms with Crippen LogP contribution in [0.1, 0.15) is 25.8 Å². The van der Waals surface area contributed by atoms with Crippen molar-refractivity contribution in [1.29, 1.82) is 0 Å². The molecule has 0 unspecified atom stereocenters. The van der Waals surface area contributed by atoms with Gasteiger partial charge in [0.05, 0.1) is 19.4 Å². The van der Waals surface area contributed by atoms with Gasteiger partial charge in [-0.3, -0.25) is 0 Å². The number of carbonyl (C=O) groups excluding carboxylic acids is 1. The summed E-state index contributed by atoms with van der Waals surface area (Å²) in [7, 11) is 0. The SMILES string of the molecule is CCCOc1ccc(C=NNC(N)=O)cc1OCC. The summed E-state index contributed by atoms with van der Waals surface area (Å²) in [6.45, 7) is 5.12. The lowest BCUT2D eigenvalue weighted by Gasteiger charge is -2.11. The highest BCUT2D eigenvalue weighted by atomic mass is 16.5. The molecule has 0 atom stereocenters. The normalized spacial score (nSPS) is 10.4. The number of nitrogens with zero attached hydrogens (tertiary/aromatic N) is 1. The minimum atomic E-state index is -0.704. The average molecular weight is 265 g/mol. The zero-order valence-electron chi connectivity index (χ0n) is 11.2. The number of urea groups is 1. The Balaban J connectivity index is 2.82. The lowest BCUT2D eigenvalue weighted by atomic mass is 10.2. The molecule has 1 rings (SSSR count). The fraction of sp³-hybridized carbons (Fsp3) is 0.385.